The van der Waals surface area contributed by atoms with Crippen LogP contribution in [-0.4, -0.2) is 26.6 Å². The number of para-hydroxylation sites is 1. The van der Waals surface area contributed by atoms with Crippen LogP contribution in [0.4, 0.5) is 5.69 Å². The van der Waals surface area contributed by atoms with Crippen LogP contribution in [0, 0.1) is 0 Å². The summed E-state index contributed by atoms with van der Waals surface area (Å²) in [6.07, 6.45) is 3.23. The third kappa shape index (κ3) is 3.95. The van der Waals surface area contributed by atoms with Gasteiger partial charge in [0.15, 0.2) is 0 Å². The molecule has 2 aromatic heterocycles. The summed E-state index contributed by atoms with van der Waals surface area (Å²) in [5, 5.41) is 3.32. The highest BCUT2D eigenvalue weighted by Gasteiger charge is 2.06. The normalized spacial score (nSPS) is 10.6. The molecule has 2 heterocycles. The first-order chi connectivity index (χ1) is 11.2. The number of H-pyrrole nitrogens is 1. The summed E-state index contributed by atoms with van der Waals surface area (Å²) in [4.78, 5) is 34.9. The van der Waals surface area contributed by atoms with E-state index < -0.39 is 0 Å². The Morgan fingerprint density at radius 3 is 2.91 bits per heavy atom. The summed E-state index contributed by atoms with van der Waals surface area (Å²) < 4.78 is 0. The SMILES string of the molecule is O=C(CSCc1nc2ccccc2c(=O)[nH]1)Nc1cccnc1. The fourth-order valence-corrected chi connectivity index (χ4v) is 2.77. The van der Waals surface area contributed by atoms with Gasteiger partial charge in [0.1, 0.15) is 5.82 Å². The molecule has 2 N–H and O–H groups in total. The average molecular weight is 326 g/mol. The molecule has 0 bridgehead atoms. The van der Waals surface area contributed by atoms with Crippen LogP contribution < -0.4 is 10.9 Å². The van der Waals surface area contributed by atoms with E-state index in [9.17, 15) is 9.59 Å². The fourth-order valence-electron chi connectivity index (χ4n) is 2.08. The summed E-state index contributed by atoms with van der Waals surface area (Å²) in [5.41, 5.74) is 1.16. The number of thioether (sulfide) groups is 1. The zero-order chi connectivity index (χ0) is 16.1. The molecule has 0 aliphatic carbocycles. The van der Waals surface area contributed by atoms with Gasteiger partial charge in [-0.1, -0.05) is 12.1 Å². The lowest BCUT2D eigenvalue weighted by Gasteiger charge is -2.05. The number of aromatic nitrogens is 3. The van der Waals surface area contributed by atoms with Crippen molar-refractivity contribution in [2.75, 3.05) is 11.1 Å². The molecule has 0 atom stereocenters. The van der Waals surface area contributed by atoms with Crippen LogP contribution in [0.1, 0.15) is 5.82 Å². The molecule has 0 radical (unpaired) electrons. The maximum absolute atomic E-state index is 11.9. The third-order valence-electron chi connectivity index (χ3n) is 3.08. The van der Waals surface area contributed by atoms with E-state index in [4.69, 9.17) is 0 Å². The smallest absolute Gasteiger partial charge is 0.258 e. The molecule has 1 amide bonds. The Morgan fingerprint density at radius 1 is 1.22 bits per heavy atom. The van der Waals surface area contributed by atoms with Crippen molar-refractivity contribution in [1.82, 2.24) is 15.0 Å². The van der Waals surface area contributed by atoms with Gasteiger partial charge in [0.2, 0.25) is 5.91 Å². The highest BCUT2D eigenvalue weighted by atomic mass is 32.2. The number of benzene rings is 1. The molecule has 116 valence electrons. The number of carbonyl (C=O) groups excluding carboxylic acids is 1. The molecule has 1 aromatic carbocycles. The van der Waals surface area contributed by atoms with Crippen LogP contribution in [0.25, 0.3) is 10.9 Å². The van der Waals surface area contributed by atoms with Crippen molar-refractivity contribution in [3.63, 3.8) is 0 Å². The molecule has 3 rings (SSSR count). The molecule has 0 fully saturated rings. The van der Waals surface area contributed by atoms with Crippen molar-refractivity contribution < 1.29 is 4.79 Å². The van der Waals surface area contributed by atoms with Crippen molar-refractivity contribution in [2.24, 2.45) is 0 Å². The lowest BCUT2D eigenvalue weighted by atomic mass is 10.2. The molecule has 0 saturated carbocycles. The average Bonchev–Trinajstić information content (AvgIpc) is 2.56. The molecule has 3 aromatic rings. The number of rotatable bonds is 5. The van der Waals surface area contributed by atoms with Crippen LogP contribution >= 0.6 is 11.8 Å². The standard InChI is InChI=1S/C16H14N4O2S/c21-15(18-11-4-3-7-17-8-11)10-23-9-14-19-13-6-2-1-5-12(13)16(22)20-14/h1-8H,9-10H2,(H,18,21)(H,19,20,22). The second kappa shape index (κ2) is 7.06. The second-order valence-electron chi connectivity index (χ2n) is 4.81. The molecule has 23 heavy (non-hydrogen) atoms. The van der Waals surface area contributed by atoms with E-state index in [0.29, 0.717) is 28.2 Å². The van der Waals surface area contributed by atoms with Crippen molar-refractivity contribution >= 4 is 34.3 Å². The summed E-state index contributed by atoms with van der Waals surface area (Å²) in [7, 11) is 0. The number of aromatic amines is 1. The molecule has 7 heteroatoms. The summed E-state index contributed by atoms with van der Waals surface area (Å²) >= 11 is 1.39. The number of anilines is 1. The van der Waals surface area contributed by atoms with E-state index in [1.54, 1.807) is 42.7 Å². The first-order valence-corrected chi connectivity index (χ1v) is 8.13. The Hall–Kier alpha value is -2.67. The zero-order valence-electron chi connectivity index (χ0n) is 12.2. The lowest BCUT2D eigenvalue weighted by molar-refractivity contribution is -0.113. The fraction of sp³-hybridized carbons (Fsp3) is 0.125. The molecule has 0 unspecified atom stereocenters. The first kappa shape index (κ1) is 15.2. The van der Waals surface area contributed by atoms with E-state index >= 15 is 0 Å². The van der Waals surface area contributed by atoms with Gasteiger partial charge in [0, 0.05) is 6.20 Å². The number of fused-ring (bicyclic) bond motifs is 1. The Labute approximate surface area is 136 Å². The van der Waals surface area contributed by atoms with Gasteiger partial charge in [0.05, 0.1) is 34.3 Å². The van der Waals surface area contributed by atoms with Crippen molar-refractivity contribution in [3.05, 3.63) is 65.0 Å². The number of amides is 1. The molecular formula is C16H14N4O2S. The van der Waals surface area contributed by atoms with Crippen molar-refractivity contribution in [1.29, 1.82) is 0 Å². The summed E-state index contributed by atoms with van der Waals surface area (Å²) in [6, 6.07) is 10.7. The van der Waals surface area contributed by atoms with Gasteiger partial charge in [-0.2, -0.15) is 0 Å². The van der Waals surface area contributed by atoms with Gasteiger partial charge in [-0.05, 0) is 24.3 Å². The molecular weight excluding hydrogens is 312 g/mol. The van der Waals surface area contributed by atoms with E-state index in [-0.39, 0.29) is 17.2 Å². The minimum absolute atomic E-state index is 0.119. The van der Waals surface area contributed by atoms with Gasteiger partial charge < -0.3 is 10.3 Å². The minimum atomic E-state index is -0.161. The number of nitrogens with zero attached hydrogens (tertiary/aromatic N) is 2. The molecule has 0 aliphatic rings. The Balaban J connectivity index is 1.58. The number of hydrogen-bond acceptors (Lipinski definition) is 5. The largest absolute Gasteiger partial charge is 0.324 e. The number of carbonyl (C=O) groups is 1. The van der Waals surface area contributed by atoms with Crippen molar-refractivity contribution in [3.8, 4) is 0 Å². The highest BCUT2D eigenvalue weighted by molar-refractivity contribution is 7.99. The third-order valence-corrected chi connectivity index (χ3v) is 4.02. The first-order valence-electron chi connectivity index (χ1n) is 6.98. The van der Waals surface area contributed by atoms with Gasteiger partial charge >= 0.3 is 0 Å². The Kier molecular flexibility index (Phi) is 4.68. The molecule has 0 spiro atoms. The maximum Gasteiger partial charge on any atom is 0.258 e. The summed E-state index contributed by atoms with van der Waals surface area (Å²) in [5.74, 6) is 1.17. The van der Waals surface area contributed by atoms with E-state index in [2.05, 4.69) is 20.3 Å². The van der Waals surface area contributed by atoms with Gasteiger partial charge in [-0.25, -0.2) is 4.98 Å². The van der Waals surface area contributed by atoms with Gasteiger partial charge in [-0.3, -0.25) is 14.6 Å². The van der Waals surface area contributed by atoms with E-state index in [0.717, 1.165) is 0 Å². The number of nitrogens with one attached hydrogen (secondary N) is 2. The monoisotopic (exact) mass is 326 g/mol. The van der Waals surface area contributed by atoms with Crippen LogP contribution in [0.15, 0.2) is 53.6 Å². The lowest BCUT2D eigenvalue weighted by Crippen LogP contribution is -2.15. The Morgan fingerprint density at radius 2 is 2.09 bits per heavy atom. The quantitative estimate of drug-likeness (QED) is 0.750. The van der Waals surface area contributed by atoms with E-state index in [1.807, 2.05) is 6.07 Å². The van der Waals surface area contributed by atoms with E-state index in [1.165, 1.54) is 11.8 Å². The maximum atomic E-state index is 11.9. The highest BCUT2D eigenvalue weighted by Crippen LogP contribution is 2.12. The topological polar surface area (TPSA) is 87.7 Å². The predicted molar refractivity (Wildman–Crippen MR) is 91.4 cm³/mol. The zero-order valence-corrected chi connectivity index (χ0v) is 13.0. The van der Waals surface area contributed by atoms with Crippen LogP contribution in [0.2, 0.25) is 0 Å². The number of pyridine rings is 1. The van der Waals surface area contributed by atoms with Crippen LogP contribution in [-0.2, 0) is 10.5 Å². The van der Waals surface area contributed by atoms with Crippen LogP contribution in [0.5, 0.6) is 0 Å². The Bertz CT molecular complexity index is 880. The molecule has 6 nitrogen and oxygen atoms in total. The number of hydrogen-bond donors (Lipinski definition) is 2. The minimum Gasteiger partial charge on any atom is -0.324 e. The van der Waals surface area contributed by atoms with Crippen LogP contribution in [0.3, 0.4) is 0 Å². The van der Waals surface area contributed by atoms with Gasteiger partial charge in [0.25, 0.3) is 5.56 Å². The summed E-state index contributed by atoms with van der Waals surface area (Å²) in [6.45, 7) is 0. The van der Waals surface area contributed by atoms with Gasteiger partial charge in [-0.15, -0.1) is 11.8 Å². The molecule has 0 aliphatic heterocycles. The predicted octanol–water partition coefficient (Wildman–Crippen LogP) is 2.19. The van der Waals surface area contributed by atoms with Crippen molar-refractivity contribution in [2.45, 2.75) is 5.75 Å². The second-order valence-corrected chi connectivity index (χ2v) is 5.80. The molecule has 0 saturated heterocycles.